The Morgan fingerprint density at radius 1 is 1.60 bits per heavy atom. The monoisotopic (exact) mass is 244 g/mol. The molecule has 0 aromatic heterocycles. The zero-order chi connectivity index (χ0) is 11.4. The summed E-state index contributed by atoms with van der Waals surface area (Å²) in [7, 11) is 0. The minimum Gasteiger partial charge on any atom is -0.399 e. The second-order valence-electron chi connectivity index (χ2n) is 3.30. The Morgan fingerprint density at radius 3 is 2.80 bits per heavy atom. The van der Waals surface area contributed by atoms with E-state index < -0.39 is 0 Å². The van der Waals surface area contributed by atoms with E-state index in [1.54, 1.807) is 19.1 Å². The lowest BCUT2D eigenvalue weighted by Crippen LogP contribution is -2.22. The van der Waals surface area contributed by atoms with Crippen LogP contribution in [0.15, 0.2) is 23.1 Å². The first-order valence-corrected chi connectivity index (χ1v) is 5.84. The largest absolute Gasteiger partial charge is 0.399 e. The molecule has 1 unspecified atom stereocenters. The van der Waals surface area contributed by atoms with Crippen molar-refractivity contribution >= 4 is 35.0 Å². The normalized spacial score (nSPS) is 12.4. The maximum absolute atomic E-state index is 10.8. The van der Waals surface area contributed by atoms with Gasteiger partial charge in [0, 0.05) is 22.3 Å². The lowest BCUT2D eigenvalue weighted by molar-refractivity contribution is -0.120. The number of benzene rings is 1. The highest BCUT2D eigenvalue weighted by Crippen LogP contribution is 2.29. The van der Waals surface area contributed by atoms with E-state index in [1.807, 2.05) is 6.07 Å². The van der Waals surface area contributed by atoms with Crippen LogP contribution in [-0.2, 0) is 4.79 Å². The van der Waals surface area contributed by atoms with Gasteiger partial charge in [0.05, 0.1) is 5.02 Å². The van der Waals surface area contributed by atoms with Crippen LogP contribution in [0.25, 0.3) is 0 Å². The summed E-state index contributed by atoms with van der Waals surface area (Å²) in [5.74, 6) is 0.164. The molecule has 0 aliphatic rings. The summed E-state index contributed by atoms with van der Waals surface area (Å²) >= 11 is 7.48. The molecule has 4 N–H and O–H groups in total. The van der Waals surface area contributed by atoms with E-state index in [0.29, 0.717) is 16.5 Å². The molecular formula is C10H13ClN2OS. The van der Waals surface area contributed by atoms with E-state index in [1.165, 1.54) is 11.8 Å². The molecule has 0 saturated heterocycles. The number of amides is 1. The Labute approximate surface area is 98.2 Å². The molecule has 0 saturated carbocycles. The molecule has 82 valence electrons. The number of anilines is 1. The van der Waals surface area contributed by atoms with Gasteiger partial charge in [-0.2, -0.15) is 0 Å². The third-order valence-electron chi connectivity index (χ3n) is 1.93. The molecule has 0 fully saturated rings. The fraction of sp³-hybridized carbons (Fsp3) is 0.300. The van der Waals surface area contributed by atoms with Gasteiger partial charge in [-0.15, -0.1) is 11.8 Å². The lowest BCUT2D eigenvalue weighted by Gasteiger charge is -2.08. The van der Waals surface area contributed by atoms with Gasteiger partial charge in [-0.1, -0.05) is 18.5 Å². The minimum absolute atomic E-state index is 0.163. The Hall–Kier alpha value is -0.870. The quantitative estimate of drug-likeness (QED) is 0.630. The predicted molar refractivity (Wildman–Crippen MR) is 64.9 cm³/mol. The van der Waals surface area contributed by atoms with Crippen LogP contribution in [0.4, 0.5) is 5.69 Å². The predicted octanol–water partition coefficient (Wildman–Crippen LogP) is 2.14. The number of hydrogen-bond acceptors (Lipinski definition) is 3. The summed E-state index contributed by atoms with van der Waals surface area (Å²) in [5.41, 5.74) is 11.4. The van der Waals surface area contributed by atoms with Gasteiger partial charge < -0.3 is 11.5 Å². The van der Waals surface area contributed by atoms with Crippen molar-refractivity contribution in [1.82, 2.24) is 0 Å². The maximum atomic E-state index is 10.8. The Balaban J connectivity index is 2.62. The second kappa shape index (κ2) is 5.28. The molecule has 0 aliphatic carbocycles. The smallest absolute Gasteiger partial charge is 0.221 e. The first-order valence-electron chi connectivity index (χ1n) is 4.48. The molecule has 0 spiro atoms. The van der Waals surface area contributed by atoms with Gasteiger partial charge in [0.15, 0.2) is 0 Å². The molecule has 1 aromatic carbocycles. The van der Waals surface area contributed by atoms with Crippen LogP contribution in [-0.4, -0.2) is 11.7 Å². The molecule has 1 amide bonds. The van der Waals surface area contributed by atoms with E-state index in [-0.39, 0.29) is 11.8 Å². The van der Waals surface area contributed by atoms with Crippen molar-refractivity contribution in [1.29, 1.82) is 0 Å². The summed E-state index contributed by atoms with van der Waals surface area (Å²) in [4.78, 5) is 11.7. The molecule has 0 aliphatic heterocycles. The third-order valence-corrected chi connectivity index (χ3v) is 3.69. The molecule has 0 bridgehead atoms. The lowest BCUT2D eigenvalue weighted by atomic mass is 10.2. The Bertz CT molecular complexity index is 370. The van der Waals surface area contributed by atoms with Crippen LogP contribution >= 0.6 is 23.4 Å². The van der Waals surface area contributed by atoms with Crippen LogP contribution in [0.1, 0.15) is 6.92 Å². The topological polar surface area (TPSA) is 69.1 Å². The van der Waals surface area contributed by atoms with Gasteiger partial charge in [0.2, 0.25) is 5.91 Å². The average Bonchev–Trinajstić information content (AvgIpc) is 2.15. The molecule has 1 aromatic rings. The summed E-state index contributed by atoms with van der Waals surface area (Å²) < 4.78 is 0. The van der Waals surface area contributed by atoms with E-state index in [9.17, 15) is 4.79 Å². The molecule has 3 nitrogen and oxygen atoms in total. The van der Waals surface area contributed by atoms with Crippen LogP contribution in [0, 0.1) is 5.92 Å². The maximum Gasteiger partial charge on any atom is 0.221 e. The van der Waals surface area contributed by atoms with E-state index in [4.69, 9.17) is 23.1 Å². The molecule has 1 rings (SSSR count). The minimum atomic E-state index is -0.297. The highest BCUT2D eigenvalue weighted by atomic mass is 35.5. The third kappa shape index (κ3) is 3.64. The van der Waals surface area contributed by atoms with Crippen LogP contribution in [0.5, 0.6) is 0 Å². The summed E-state index contributed by atoms with van der Waals surface area (Å²) in [6.07, 6.45) is 0. The van der Waals surface area contributed by atoms with E-state index in [2.05, 4.69) is 0 Å². The van der Waals surface area contributed by atoms with Crippen molar-refractivity contribution in [2.24, 2.45) is 11.7 Å². The van der Waals surface area contributed by atoms with Crippen LogP contribution in [0.3, 0.4) is 0 Å². The van der Waals surface area contributed by atoms with Gasteiger partial charge in [-0.05, 0) is 18.2 Å². The standard InChI is InChI=1S/C10H13ClN2OS/c1-6(10(13)14)5-15-9-3-2-7(12)4-8(9)11/h2-4,6H,5,12H2,1H3,(H2,13,14). The number of carbonyl (C=O) groups is 1. The van der Waals surface area contributed by atoms with Gasteiger partial charge in [0.1, 0.15) is 0 Å². The fourth-order valence-electron chi connectivity index (χ4n) is 0.931. The highest BCUT2D eigenvalue weighted by molar-refractivity contribution is 7.99. The summed E-state index contributed by atoms with van der Waals surface area (Å²) in [6.45, 7) is 1.79. The SMILES string of the molecule is CC(CSc1ccc(N)cc1Cl)C(N)=O. The van der Waals surface area contributed by atoms with E-state index in [0.717, 1.165) is 4.90 Å². The number of rotatable bonds is 4. The van der Waals surface area contributed by atoms with Crippen LogP contribution < -0.4 is 11.5 Å². The number of nitrogens with two attached hydrogens (primary N) is 2. The van der Waals surface area contributed by atoms with Crippen molar-refractivity contribution < 1.29 is 4.79 Å². The Kier molecular flexibility index (Phi) is 4.29. The number of carbonyl (C=O) groups excluding carboxylic acids is 1. The first kappa shape index (κ1) is 12.2. The molecule has 0 radical (unpaired) electrons. The van der Waals surface area contributed by atoms with Gasteiger partial charge in [0.25, 0.3) is 0 Å². The zero-order valence-corrected chi connectivity index (χ0v) is 9.94. The van der Waals surface area contributed by atoms with Gasteiger partial charge in [-0.25, -0.2) is 0 Å². The van der Waals surface area contributed by atoms with Gasteiger partial charge in [-0.3, -0.25) is 4.79 Å². The summed E-state index contributed by atoms with van der Waals surface area (Å²) in [6, 6.07) is 5.32. The van der Waals surface area contributed by atoms with Crippen molar-refractivity contribution in [2.45, 2.75) is 11.8 Å². The molecule has 15 heavy (non-hydrogen) atoms. The van der Waals surface area contributed by atoms with Crippen molar-refractivity contribution in [3.63, 3.8) is 0 Å². The second-order valence-corrected chi connectivity index (χ2v) is 4.77. The molecule has 1 atom stereocenters. The molecular weight excluding hydrogens is 232 g/mol. The van der Waals surface area contributed by atoms with E-state index >= 15 is 0 Å². The number of halogens is 1. The van der Waals surface area contributed by atoms with Crippen molar-refractivity contribution in [3.8, 4) is 0 Å². The zero-order valence-electron chi connectivity index (χ0n) is 8.37. The number of primary amides is 1. The number of nitrogen functional groups attached to an aromatic ring is 1. The average molecular weight is 245 g/mol. The summed E-state index contributed by atoms with van der Waals surface area (Å²) in [5, 5.41) is 0.608. The first-order chi connectivity index (χ1) is 7.00. The molecule has 5 heteroatoms. The number of hydrogen-bond donors (Lipinski definition) is 2. The van der Waals surface area contributed by atoms with Crippen molar-refractivity contribution in [3.05, 3.63) is 23.2 Å². The fourth-order valence-corrected chi connectivity index (χ4v) is 2.24. The number of thioether (sulfide) groups is 1. The Morgan fingerprint density at radius 2 is 2.27 bits per heavy atom. The van der Waals surface area contributed by atoms with Crippen LogP contribution in [0.2, 0.25) is 5.02 Å². The molecule has 0 heterocycles. The van der Waals surface area contributed by atoms with Crippen molar-refractivity contribution in [2.75, 3.05) is 11.5 Å². The highest BCUT2D eigenvalue weighted by Gasteiger charge is 2.10. The van der Waals surface area contributed by atoms with Gasteiger partial charge >= 0.3 is 0 Å².